The van der Waals surface area contributed by atoms with E-state index in [-0.39, 0.29) is 0 Å². The minimum atomic E-state index is 0.707. The van der Waals surface area contributed by atoms with Gasteiger partial charge in [0.1, 0.15) is 0 Å². The fourth-order valence-corrected chi connectivity index (χ4v) is 2.52. The van der Waals surface area contributed by atoms with Crippen LogP contribution in [0.5, 0.6) is 0 Å². The van der Waals surface area contributed by atoms with Crippen molar-refractivity contribution in [3.05, 3.63) is 69.8 Å². The summed E-state index contributed by atoms with van der Waals surface area (Å²) in [6, 6.07) is 14.3. The van der Waals surface area contributed by atoms with E-state index in [1.54, 1.807) is 0 Å². The fraction of sp³-hybridized carbons (Fsp3) is 0.278. The Morgan fingerprint density at radius 1 is 0.950 bits per heavy atom. The van der Waals surface area contributed by atoms with Crippen molar-refractivity contribution in [1.82, 2.24) is 5.32 Å². The number of hydrogen-bond donors (Lipinski definition) is 1. The van der Waals surface area contributed by atoms with E-state index in [0.717, 1.165) is 13.1 Å². The number of benzene rings is 2. The third-order valence-corrected chi connectivity index (χ3v) is 3.55. The van der Waals surface area contributed by atoms with Crippen LogP contribution in [-0.4, -0.2) is 0 Å². The van der Waals surface area contributed by atoms with Gasteiger partial charge in [-0.15, -0.1) is 0 Å². The number of hydrogen-bond acceptors (Lipinski definition) is 2. The zero-order valence-corrected chi connectivity index (χ0v) is 12.3. The second-order valence-corrected chi connectivity index (χ2v) is 5.29. The summed E-state index contributed by atoms with van der Waals surface area (Å²) < 4.78 is 0. The van der Waals surface area contributed by atoms with Crippen LogP contribution < -0.4 is 5.32 Å². The van der Waals surface area contributed by atoms with Crippen molar-refractivity contribution < 1.29 is 0 Å². The maximum atomic E-state index is 8.77. The van der Waals surface area contributed by atoms with Crippen LogP contribution in [0, 0.1) is 32.1 Å². The van der Waals surface area contributed by atoms with Crippen LogP contribution in [0.1, 0.15) is 33.4 Å². The van der Waals surface area contributed by atoms with Gasteiger partial charge in [0.05, 0.1) is 11.6 Å². The molecule has 2 rings (SSSR count). The molecule has 0 saturated carbocycles. The molecule has 0 spiro atoms. The topological polar surface area (TPSA) is 35.8 Å². The Labute approximate surface area is 121 Å². The molecule has 102 valence electrons. The van der Waals surface area contributed by atoms with Gasteiger partial charge in [-0.1, -0.05) is 29.8 Å². The Balaban J connectivity index is 1.98. The highest BCUT2D eigenvalue weighted by atomic mass is 14.8. The molecule has 0 unspecified atom stereocenters. The van der Waals surface area contributed by atoms with Crippen molar-refractivity contribution in [1.29, 1.82) is 5.26 Å². The molecule has 0 aromatic heterocycles. The van der Waals surface area contributed by atoms with E-state index in [1.165, 1.54) is 27.8 Å². The van der Waals surface area contributed by atoms with Crippen LogP contribution in [0.3, 0.4) is 0 Å². The first kappa shape index (κ1) is 14.3. The molecule has 0 aliphatic rings. The number of nitrogens with zero attached hydrogens (tertiary/aromatic N) is 1. The molecule has 20 heavy (non-hydrogen) atoms. The molecule has 2 heteroatoms. The minimum absolute atomic E-state index is 0.707. The molecule has 0 heterocycles. The van der Waals surface area contributed by atoms with Gasteiger partial charge in [-0.25, -0.2) is 0 Å². The van der Waals surface area contributed by atoms with Crippen molar-refractivity contribution in [2.75, 3.05) is 0 Å². The molecule has 0 amide bonds. The van der Waals surface area contributed by atoms with Crippen LogP contribution in [0.4, 0.5) is 0 Å². The molecular weight excluding hydrogens is 244 g/mol. The van der Waals surface area contributed by atoms with Gasteiger partial charge in [0.2, 0.25) is 0 Å². The predicted molar refractivity (Wildman–Crippen MR) is 82.4 cm³/mol. The third kappa shape index (κ3) is 3.46. The third-order valence-electron chi connectivity index (χ3n) is 3.55. The fourth-order valence-electron chi connectivity index (χ4n) is 2.52. The van der Waals surface area contributed by atoms with Gasteiger partial charge in [0.15, 0.2) is 0 Å². The van der Waals surface area contributed by atoms with Crippen LogP contribution in [0.25, 0.3) is 0 Å². The second kappa shape index (κ2) is 6.36. The van der Waals surface area contributed by atoms with Crippen molar-refractivity contribution in [3.8, 4) is 6.07 Å². The zero-order chi connectivity index (χ0) is 14.5. The molecule has 2 aromatic carbocycles. The van der Waals surface area contributed by atoms with Gasteiger partial charge in [0.25, 0.3) is 0 Å². The summed E-state index contributed by atoms with van der Waals surface area (Å²) in [7, 11) is 0. The van der Waals surface area contributed by atoms with Crippen molar-refractivity contribution >= 4 is 0 Å². The number of nitriles is 1. The van der Waals surface area contributed by atoms with Crippen LogP contribution in [0.2, 0.25) is 0 Å². The summed E-state index contributed by atoms with van der Waals surface area (Å²) >= 11 is 0. The second-order valence-electron chi connectivity index (χ2n) is 5.29. The normalized spacial score (nSPS) is 10.3. The number of rotatable bonds is 4. The lowest BCUT2D eigenvalue weighted by atomic mass is 10.00. The average molecular weight is 264 g/mol. The largest absolute Gasteiger partial charge is 0.309 e. The molecule has 2 nitrogen and oxygen atoms in total. The Hall–Kier alpha value is -2.11. The van der Waals surface area contributed by atoms with Crippen LogP contribution in [-0.2, 0) is 13.1 Å². The molecule has 2 aromatic rings. The van der Waals surface area contributed by atoms with E-state index in [2.05, 4.69) is 44.3 Å². The molecule has 0 bridgehead atoms. The maximum absolute atomic E-state index is 8.77. The molecule has 1 N–H and O–H groups in total. The van der Waals surface area contributed by atoms with Crippen LogP contribution in [0.15, 0.2) is 36.4 Å². The van der Waals surface area contributed by atoms with Crippen molar-refractivity contribution in [2.24, 2.45) is 0 Å². The Bertz CT molecular complexity index is 610. The highest BCUT2D eigenvalue weighted by Gasteiger charge is 2.03. The highest BCUT2D eigenvalue weighted by Crippen LogP contribution is 2.16. The van der Waals surface area contributed by atoms with Gasteiger partial charge in [-0.2, -0.15) is 5.26 Å². The maximum Gasteiger partial charge on any atom is 0.0991 e. The monoisotopic (exact) mass is 264 g/mol. The van der Waals surface area contributed by atoms with E-state index in [9.17, 15) is 0 Å². The summed E-state index contributed by atoms with van der Waals surface area (Å²) in [5.74, 6) is 0. The molecule has 0 saturated heterocycles. The summed E-state index contributed by atoms with van der Waals surface area (Å²) in [6.45, 7) is 8.15. The number of nitrogens with one attached hydrogen (secondary N) is 1. The van der Waals surface area contributed by atoms with E-state index < -0.39 is 0 Å². The highest BCUT2D eigenvalue weighted by molar-refractivity contribution is 5.37. The van der Waals surface area contributed by atoms with Gasteiger partial charge in [0, 0.05) is 13.1 Å². The van der Waals surface area contributed by atoms with E-state index in [4.69, 9.17) is 5.26 Å². The molecule has 0 fully saturated rings. The first-order valence-electron chi connectivity index (χ1n) is 6.86. The molecular formula is C18H20N2. The Morgan fingerprint density at radius 3 is 2.10 bits per heavy atom. The smallest absolute Gasteiger partial charge is 0.0991 e. The average Bonchev–Trinajstić information content (AvgIpc) is 2.42. The summed E-state index contributed by atoms with van der Waals surface area (Å²) in [5, 5.41) is 12.2. The molecule has 0 aliphatic heterocycles. The van der Waals surface area contributed by atoms with Gasteiger partial charge < -0.3 is 5.32 Å². The predicted octanol–water partition coefficient (Wildman–Crippen LogP) is 3.77. The standard InChI is InChI=1S/C18H20N2/c1-13-8-14(2)18(15(3)9-13)12-20-11-17-6-4-16(10-19)5-7-17/h4-9,20H,11-12H2,1-3H3. The quantitative estimate of drug-likeness (QED) is 0.912. The van der Waals surface area contributed by atoms with E-state index >= 15 is 0 Å². The lowest BCUT2D eigenvalue weighted by Crippen LogP contribution is -2.14. The summed E-state index contributed by atoms with van der Waals surface area (Å²) in [4.78, 5) is 0. The lowest BCUT2D eigenvalue weighted by Gasteiger charge is -2.12. The lowest BCUT2D eigenvalue weighted by molar-refractivity contribution is 0.687. The van der Waals surface area contributed by atoms with Crippen molar-refractivity contribution in [3.63, 3.8) is 0 Å². The minimum Gasteiger partial charge on any atom is -0.309 e. The SMILES string of the molecule is Cc1cc(C)c(CNCc2ccc(C#N)cc2)c(C)c1. The van der Waals surface area contributed by atoms with Gasteiger partial charge in [-0.05, 0) is 55.2 Å². The van der Waals surface area contributed by atoms with Crippen molar-refractivity contribution in [2.45, 2.75) is 33.9 Å². The number of aryl methyl sites for hydroxylation is 3. The molecule has 0 radical (unpaired) electrons. The Kier molecular flexibility index (Phi) is 4.55. The van der Waals surface area contributed by atoms with Crippen LogP contribution >= 0.6 is 0 Å². The summed E-state index contributed by atoms with van der Waals surface area (Å²) in [5.41, 5.74) is 7.29. The molecule has 0 aliphatic carbocycles. The first-order chi connectivity index (χ1) is 9.60. The van der Waals surface area contributed by atoms with Gasteiger partial charge in [-0.3, -0.25) is 0 Å². The molecule has 0 atom stereocenters. The first-order valence-corrected chi connectivity index (χ1v) is 6.86. The van der Waals surface area contributed by atoms with Gasteiger partial charge >= 0.3 is 0 Å². The van der Waals surface area contributed by atoms with E-state index in [0.29, 0.717) is 5.56 Å². The van der Waals surface area contributed by atoms with E-state index in [1.807, 2.05) is 24.3 Å². The zero-order valence-electron chi connectivity index (χ0n) is 12.3. The Morgan fingerprint density at radius 2 is 1.55 bits per heavy atom. The summed E-state index contributed by atoms with van der Waals surface area (Å²) in [6.07, 6.45) is 0.